The summed E-state index contributed by atoms with van der Waals surface area (Å²) >= 11 is 12.1. The monoisotopic (exact) mass is 397 g/mol. The Hall–Kier alpha value is -2.76. The van der Waals surface area contributed by atoms with Crippen molar-refractivity contribution in [2.75, 3.05) is 17.2 Å². The van der Waals surface area contributed by atoms with E-state index >= 15 is 0 Å². The molecule has 0 bridgehead atoms. The maximum atomic E-state index is 6.03. The minimum absolute atomic E-state index is 0.477. The molecule has 2 heterocycles. The first-order chi connectivity index (χ1) is 13.2. The molecule has 3 N–H and O–H groups in total. The van der Waals surface area contributed by atoms with E-state index in [4.69, 9.17) is 23.2 Å². The lowest BCUT2D eigenvalue weighted by Crippen LogP contribution is -2.07. The van der Waals surface area contributed by atoms with Crippen molar-refractivity contribution in [3.8, 4) is 0 Å². The van der Waals surface area contributed by atoms with E-state index in [-0.39, 0.29) is 0 Å². The van der Waals surface area contributed by atoms with E-state index in [1.54, 1.807) is 24.4 Å². The highest BCUT2D eigenvalue weighted by Crippen LogP contribution is 2.24. The lowest BCUT2D eigenvalue weighted by Gasteiger charge is -2.09. The van der Waals surface area contributed by atoms with Crippen LogP contribution >= 0.6 is 23.2 Å². The Bertz CT molecular complexity index is 1060. The van der Waals surface area contributed by atoms with Crippen LogP contribution in [0.5, 0.6) is 0 Å². The van der Waals surface area contributed by atoms with Gasteiger partial charge < -0.3 is 15.6 Å². The molecule has 136 valence electrons. The predicted molar refractivity (Wildman–Crippen MR) is 112 cm³/mol. The average Bonchev–Trinajstić information content (AvgIpc) is 3.05. The fourth-order valence-electron chi connectivity index (χ4n) is 2.94. The highest BCUT2D eigenvalue weighted by molar-refractivity contribution is 6.35. The molecule has 0 saturated carbocycles. The highest BCUT2D eigenvalue weighted by atomic mass is 35.5. The van der Waals surface area contributed by atoms with Gasteiger partial charge in [0.25, 0.3) is 0 Å². The van der Waals surface area contributed by atoms with Gasteiger partial charge in [-0.05, 0) is 42.3 Å². The molecule has 4 rings (SSSR count). The van der Waals surface area contributed by atoms with Crippen molar-refractivity contribution in [2.24, 2.45) is 0 Å². The number of H-pyrrole nitrogens is 1. The summed E-state index contributed by atoms with van der Waals surface area (Å²) in [6.45, 7) is 0.765. The number of hydrogen-bond acceptors (Lipinski definition) is 4. The number of para-hydroxylation sites is 1. The minimum atomic E-state index is 0.477. The lowest BCUT2D eigenvalue weighted by molar-refractivity contribution is 1.01. The van der Waals surface area contributed by atoms with Gasteiger partial charge in [-0.3, -0.25) is 0 Å². The summed E-state index contributed by atoms with van der Waals surface area (Å²) in [6, 6.07) is 15.4. The summed E-state index contributed by atoms with van der Waals surface area (Å²) in [6.07, 6.45) is 4.65. The third-order valence-corrected chi connectivity index (χ3v) is 4.59. The molecule has 0 saturated heterocycles. The number of hydrogen-bond donors (Lipinski definition) is 3. The fourth-order valence-corrected chi connectivity index (χ4v) is 3.46. The molecule has 0 fully saturated rings. The molecule has 2 aromatic carbocycles. The van der Waals surface area contributed by atoms with Crippen molar-refractivity contribution < 1.29 is 0 Å². The van der Waals surface area contributed by atoms with E-state index in [1.165, 1.54) is 10.9 Å². The van der Waals surface area contributed by atoms with E-state index in [9.17, 15) is 0 Å². The molecular formula is C20H17Cl2N5. The molecule has 0 radical (unpaired) electrons. The van der Waals surface area contributed by atoms with Gasteiger partial charge in [0.15, 0.2) is 0 Å². The van der Waals surface area contributed by atoms with Gasteiger partial charge in [-0.15, -0.1) is 0 Å². The topological polar surface area (TPSA) is 65.6 Å². The Morgan fingerprint density at radius 2 is 1.81 bits per heavy atom. The molecule has 0 aliphatic rings. The Morgan fingerprint density at radius 1 is 1.00 bits per heavy atom. The highest BCUT2D eigenvalue weighted by Gasteiger charge is 2.05. The number of nitrogens with one attached hydrogen (secondary N) is 3. The number of anilines is 3. The number of fused-ring (bicyclic) bond motifs is 1. The SMILES string of the molecule is Clc1cc(Cl)cc(Nc2nccc(NCCc3c[nH]c4ccccc34)n2)c1. The Balaban J connectivity index is 1.40. The van der Waals surface area contributed by atoms with Gasteiger partial charge >= 0.3 is 0 Å². The molecule has 4 aromatic rings. The Morgan fingerprint density at radius 3 is 2.67 bits per heavy atom. The number of rotatable bonds is 6. The van der Waals surface area contributed by atoms with Crippen LogP contribution in [0.15, 0.2) is 60.9 Å². The predicted octanol–water partition coefficient (Wildman–Crippen LogP) is 5.66. The van der Waals surface area contributed by atoms with E-state index < -0.39 is 0 Å². The van der Waals surface area contributed by atoms with Gasteiger partial charge in [-0.2, -0.15) is 4.98 Å². The summed E-state index contributed by atoms with van der Waals surface area (Å²) in [4.78, 5) is 12.0. The first kappa shape index (κ1) is 17.6. The van der Waals surface area contributed by atoms with E-state index in [0.717, 1.165) is 30.0 Å². The number of benzene rings is 2. The van der Waals surface area contributed by atoms with Gasteiger partial charge in [-0.1, -0.05) is 41.4 Å². The standard InChI is InChI=1S/C20H17Cl2N5/c21-14-9-15(22)11-16(10-14)26-20-24-8-6-19(27-20)23-7-5-13-12-25-18-4-2-1-3-17(13)18/h1-4,6,8-12,25H,5,7H2,(H2,23,24,26,27). The summed E-state index contributed by atoms with van der Waals surface area (Å²) in [5.74, 6) is 1.23. The molecule has 27 heavy (non-hydrogen) atoms. The van der Waals surface area contributed by atoms with Crippen molar-refractivity contribution in [3.05, 3.63) is 76.5 Å². The van der Waals surface area contributed by atoms with E-state index in [0.29, 0.717) is 16.0 Å². The molecule has 0 amide bonds. The van der Waals surface area contributed by atoms with Crippen LogP contribution in [-0.4, -0.2) is 21.5 Å². The third kappa shape index (κ3) is 4.32. The zero-order valence-electron chi connectivity index (χ0n) is 14.3. The number of nitrogens with zero attached hydrogens (tertiary/aromatic N) is 2. The number of aromatic amines is 1. The maximum absolute atomic E-state index is 6.03. The minimum Gasteiger partial charge on any atom is -0.370 e. The summed E-state index contributed by atoms with van der Waals surface area (Å²) < 4.78 is 0. The summed E-state index contributed by atoms with van der Waals surface area (Å²) in [7, 11) is 0. The second-order valence-corrected chi connectivity index (χ2v) is 6.96. The van der Waals surface area contributed by atoms with Gasteiger partial charge in [0.2, 0.25) is 5.95 Å². The third-order valence-electron chi connectivity index (χ3n) is 4.15. The van der Waals surface area contributed by atoms with Crippen LogP contribution in [-0.2, 0) is 6.42 Å². The average molecular weight is 398 g/mol. The van der Waals surface area contributed by atoms with Crippen LogP contribution in [0.3, 0.4) is 0 Å². The van der Waals surface area contributed by atoms with Gasteiger partial charge in [-0.25, -0.2) is 4.98 Å². The van der Waals surface area contributed by atoms with Crippen molar-refractivity contribution in [1.82, 2.24) is 15.0 Å². The van der Waals surface area contributed by atoms with Gasteiger partial charge in [0.05, 0.1) is 0 Å². The molecule has 0 aliphatic carbocycles. The van der Waals surface area contributed by atoms with Crippen LogP contribution in [0.2, 0.25) is 10.0 Å². The molecule has 7 heteroatoms. The number of halogens is 2. The molecule has 0 atom stereocenters. The zero-order chi connectivity index (χ0) is 18.6. The lowest BCUT2D eigenvalue weighted by atomic mass is 10.1. The Labute approximate surface area is 166 Å². The van der Waals surface area contributed by atoms with E-state index in [1.807, 2.05) is 12.1 Å². The van der Waals surface area contributed by atoms with Crippen LogP contribution in [0.1, 0.15) is 5.56 Å². The van der Waals surface area contributed by atoms with Crippen molar-refractivity contribution in [2.45, 2.75) is 6.42 Å². The first-order valence-electron chi connectivity index (χ1n) is 8.52. The van der Waals surface area contributed by atoms with Gasteiger partial charge in [0.1, 0.15) is 5.82 Å². The molecular weight excluding hydrogens is 381 g/mol. The fraction of sp³-hybridized carbons (Fsp3) is 0.100. The molecule has 0 spiro atoms. The van der Waals surface area contributed by atoms with Crippen molar-refractivity contribution >= 4 is 51.6 Å². The quantitative estimate of drug-likeness (QED) is 0.392. The second kappa shape index (κ2) is 7.86. The molecule has 5 nitrogen and oxygen atoms in total. The largest absolute Gasteiger partial charge is 0.370 e. The van der Waals surface area contributed by atoms with Crippen LogP contribution < -0.4 is 10.6 Å². The van der Waals surface area contributed by atoms with Crippen LogP contribution in [0, 0.1) is 0 Å². The smallest absolute Gasteiger partial charge is 0.229 e. The molecule has 0 unspecified atom stereocenters. The first-order valence-corrected chi connectivity index (χ1v) is 9.28. The van der Waals surface area contributed by atoms with Crippen LogP contribution in [0.4, 0.5) is 17.5 Å². The summed E-state index contributed by atoms with van der Waals surface area (Å²) in [5, 5.41) is 8.82. The van der Waals surface area contributed by atoms with Crippen molar-refractivity contribution in [3.63, 3.8) is 0 Å². The van der Waals surface area contributed by atoms with Crippen molar-refractivity contribution in [1.29, 1.82) is 0 Å². The normalized spacial score (nSPS) is 10.9. The zero-order valence-corrected chi connectivity index (χ0v) is 15.8. The summed E-state index contributed by atoms with van der Waals surface area (Å²) in [5.41, 5.74) is 3.17. The van der Waals surface area contributed by atoms with E-state index in [2.05, 4.69) is 50.0 Å². The Kier molecular flexibility index (Phi) is 5.14. The van der Waals surface area contributed by atoms with Gasteiger partial charge in [0, 0.05) is 45.6 Å². The molecule has 2 aromatic heterocycles. The number of aromatic nitrogens is 3. The maximum Gasteiger partial charge on any atom is 0.229 e. The second-order valence-electron chi connectivity index (χ2n) is 6.08. The van der Waals surface area contributed by atoms with Crippen LogP contribution in [0.25, 0.3) is 10.9 Å². The molecule has 0 aliphatic heterocycles.